The van der Waals surface area contributed by atoms with Gasteiger partial charge in [0.25, 0.3) is 0 Å². The molecule has 4 aromatic carbocycles. The number of aldehydes is 2. The minimum atomic E-state index is 0.0652. The molecule has 0 amide bonds. The van der Waals surface area contributed by atoms with E-state index < -0.39 is 0 Å². The van der Waals surface area contributed by atoms with Crippen LogP contribution in [-0.4, -0.2) is 22.8 Å². The number of rotatable bonds is 5. The molecule has 0 aliphatic rings. The van der Waals surface area contributed by atoms with Crippen LogP contribution in [0.4, 0.5) is 0 Å². The Balaban J connectivity index is 2.02. The van der Waals surface area contributed by atoms with Crippen LogP contribution in [0, 0.1) is 0 Å². The second kappa shape index (κ2) is 7.16. The van der Waals surface area contributed by atoms with E-state index in [4.69, 9.17) is 0 Å². The lowest BCUT2D eigenvalue weighted by Crippen LogP contribution is -1.91. The van der Waals surface area contributed by atoms with Gasteiger partial charge in [-0.3, -0.25) is 0 Å². The SMILES string of the molecule is O=CCc1ccc2c(-c3c(O)ccc4cc(CC=O)ccc34)c(O)ccc2c1. The quantitative estimate of drug-likeness (QED) is 0.505. The van der Waals surface area contributed by atoms with Gasteiger partial charge in [0, 0.05) is 24.0 Å². The van der Waals surface area contributed by atoms with Crippen LogP contribution in [0.3, 0.4) is 0 Å². The van der Waals surface area contributed by atoms with Gasteiger partial charge in [-0.15, -0.1) is 0 Å². The first kappa shape index (κ1) is 17.7. The van der Waals surface area contributed by atoms with Crippen LogP contribution in [0.15, 0.2) is 60.7 Å². The summed E-state index contributed by atoms with van der Waals surface area (Å²) in [4.78, 5) is 21.6. The highest BCUT2D eigenvalue weighted by Gasteiger charge is 2.17. The third-order valence-corrected chi connectivity index (χ3v) is 5.01. The normalized spacial score (nSPS) is 11.0. The molecular weight excluding hydrogens is 352 g/mol. The average Bonchev–Trinajstić information content (AvgIpc) is 2.69. The molecule has 0 atom stereocenters. The first-order valence-electron chi connectivity index (χ1n) is 8.99. The van der Waals surface area contributed by atoms with Gasteiger partial charge in [0.1, 0.15) is 24.1 Å². The highest BCUT2D eigenvalue weighted by atomic mass is 16.3. The predicted octanol–water partition coefficient (Wildman–Crippen LogP) is 4.55. The molecule has 4 nitrogen and oxygen atoms in total. The van der Waals surface area contributed by atoms with Gasteiger partial charge < -0.3 is 19.8 Å². The molecule has 0 heterocycles. The maximum Gasteiger partial charge on any atom is 0.124 e. The molecule has 0 unspecified atom stereocenters. The number of hydrogen-bond donors (Lipinski definition) is 2. The van der Waals surface area contributed by atoms with Crippen LogP contribution < -0.4 is 0 Å². The van der Waals surface area contributed by atoms with Crippen molar-refractivity contribution in [2.24, 2.45) is 0 Å². The Morgan fingerprint density at radius 1 is 0.607 bits per heavy atom. The molecule has 4 rings (SSSR count). The van der Waals surface area contributed by atoms with Gasteiger partial charge in [0.2, 0.25) is 0 Å². The Bertz CT molecular complexity index is 1130. The van der Waals surface area contributed by atoms with Crippen LogP contribution in [0.5, 0.6) is 11.5 Å². The van der Waals surface area contributed by atoms with Crippen molar-refractivity contribution in [3.63, 3.8) is 0 Å². The molecule has 138 valence electrons. The highest BCUT2D eigenvalue weighted by molar-refractivity contribution is 6.09. The Morgan fingerprint density at radius 2 is 1.04 bits per heavy atom. The lowest BCUT2D eigenvalue weighted by atomic mass is 9.91. The van der Waals surface area contributed by atoms with Gasteiger partial charge in [-0.1, -0.05) is 48.5 Å². The van der Waals surface area contributed by atoms with E-state index in [2.05, 4.69) is 0 Å². The van der Waals surface area contributed by atoms with Gasteiger partial charge in [-0.25, -0.2) is 0 Å². The number of hydrogen-bond acceptors (Lipinski definition) is 4. The largest absolute Gasteiger partial charge is 0.507 e. The molecule has 0 bridgehead atoms. The van der Waals surface area contributed by atoms with Gasteiger partial charge in [-0.2, -0.15) is 0 Å². The minimum absolute atomic E-state index is 0.0652. The second-order valence-corrected chi connectivity index (χ2v) is 6.77. The molecule has 0 aliphatic carbocycles. The van der Waals surface area contributed by atoms with Crippen LogP contribution >= 0.6 is 0 Å². The molecule has 0 spiro atoms. The molecular formula is C24H18O4. The minimum Gasteiger partial charge on any atom is -0.507 e. The summed E-state index contributed by atoms with van der Waals surface area (Å²) < 4.78 is 0. The van der Waals surface area contributed by atoms with Crippen molar-refractivity contribution < 1.29 is 19.8 Å². The lowest BCUT2D eigenvalue weighted by molar-refractivity contribution is -0.108. The molecule has 4 heteroatoms. The first-order valence-corrected chi connectivity index (χ1v) is 8.99. The summed E-state index contributed by atoms with van der Waals surface area (Å²) in [5, 5.41) is 24.6. The molecule has 2 N–H and O–H groups in total. The molecule has 28 heavy (non-hydrogen) atoms. The van der Waals surface area contributed by atoms with Crippen molar-refractivity contribution >= 4 is 34.1 Å². The van der Waals surface area contributed by atoms with Gasteiger partial charge >= 0.3 is 0 Å². The summed E-state index contributed by atoms with van der Waals surface area (Å²) in [7, 11) is 0. The molecule has 0 radical (unpaired) electrons. The van der Waals surface area contributed by atoms with E-state index in [9.17, 15) is 19.8 Å². The molecule has 0 saturated carbocycles. The average molecular weight is 370 g/mol. The lowest BCUT2D eigenvalue weighted by Gasteiger charge is -2.15. The Labute approximate surface area is 161 Å². The Hall–Kier alpha value is -3.66. The Kier molecular flexibility index (Phi) is 4.53. The summed E-state index contributed by atoms with van der Waals surface area (Å²) in [6.45, 7) is 0. The third-order valence-electron chi connectivity index (χ3n) is 5.01. The van der Waals surface area contributed by atoms with Crippen molar-refractivity contribution in [2.75, 3.05) is 0 Å². The van der Waals surface area contributed by atoms with Crippen molar-refractivity contribution in [3.05, 3.63) is 71.8 Å². The van der Waals surface area contributed by atoms with E-state index in [1.54, 1.807) is 24.3 Å². The topological polar surface area (TPSA) is 74.6 Å². The van der Waals surface area contributed by atoms with E-state index in [1.807, 2.05) is 36.4 Å². The summed E-state index contributed by atoms with van der Waals surface area (Å²) >= 11 is 0. The van der Waals surface area contributed by atoms with Crippen LogP contribution in [0.1, 0.15) is 11.1 Å². The zero-order chi connectivity index (χ0) is 19.7. The standard InChI is InChI=1S/C24H18O4/c25-11-9-15-1-5-19-17(13-15)3-7-21(27)23(19)24-20-6-2-16(10-12-26)14-18(20)4-8-22(24)28/h1-8,11-14,27-28H,9-10H2. The van der Waals surface area contributed by atoms with Crippen molar-refractivity contribution in [1.29, 1.82) is 0 Å². The zero-order valence-electron chi connectivity index (χ0n) is 15.1. The van der Waals surface area contributed by atoms with E-state index in [-0.39, 0.29) is 11.5 Å². The summed E-state index contributed by atoms with van der Waals surface area (Å²) in [5.74, 6) is 0.130. The molecule has 4 aromatic rings. The fourth-order valence-corrected chi connectivity index (χ4v) is 3.71. The van der Waals surface area contributed by atoms with Crippen LogP contribution in [-0.2, 0) is 22.4 Å². The van der Waals surface area contributed by atoms with Gasteiger partial charge in [0.15, 0.2) is 0 Å². The molecule has 0 saturated heterocycles. The maximum absolute atomic E-state index is 10.8. The van der Waals surface area contributed by atoms with Crippen LogP contribution in [0.2, 0.25) is 0 Å². The number of carbonyl (C=O) groups is 2. The van der Waals surface area contributed by atoms with Crippen molar-refractivity contribution in [3.8, 4) is 22.6 Å². The van der Waals surface area contributed by atoms with Crippen LogP contribution in [0.25, 0.3) is 32.7 Å². The molecule has 0 aliphatic heterocycles. The van der Waals surface area contributed by atoms with E-state index in [0.717, 1.165) is 45.2 Å². The number of benzene rings is 4. The number of phenolic OH excluding ortho intramolecular Hbond substituents is 2. The number of carbonyl (C=O) groups excluding carboxylic acids is 2. The summed E-state index contributed by atoms with van der Waals surface area (Å²) in [6.07, 6.45) is 2.36. The van der Waals surface area contributed by atoms with Gasteiger partial charge in [-0.05, 0) is 44.8 Å². The number of aromatic hydroxyl groups is 2. The van der Waals surface area contributed by atoms with E-state index in [1.165, 1.54) is 0 Å². The monoisotopic (exact) mass is 370 g/mol. The van der Waals surface area contributed by atoms with Crippen molar-refractivity contribution in [1.82, 2.24) is 0 Å². The second-order valence-electron chi connectivity index (χ2n) is 6.77. The smallest absolute Gasteiger partial charge is 0.124 e. The summed E-state index contributed by atoms with van der Waals surface area (Å²) in [6, 6.07) is 18.1. The maximum atomic E-state index is 10.8. The molecule has 0 fully saturated rings. The fourth-order valence-electron chi connectivity index (χ4n) is 3.71. The predicted molar refractivity (Wildman–Crippen MR) is 110 cm³/mol. The van der Waals surface area contributed by atoms with E-state index >= 15 is 0 Å². The molecule has 0 aromatic heterocycles. The first-order chi connectivity index (χ1) is 13.6. The number of phenols is 2. The third kappa shape index (κ3) is 2.99. The van der Waals surface area contributed by atoms with Crippen molar-refractivity contribution in [2.45, 2.75) is 12.8 Å². The van der Waals surface area contributed by atoms with E-state index in [0.29, 0.717) is 24.0 Å². The fraction of sp³-hybridized carbons (Fsp3) is 0.0833. The Morgan fingerprint density at radius 3 is 1.43 bits per heavy atom. The van der Waals surface area contributed by atoms with Gasteiger partial charge in [0.05, 0.1) is 0 Å². The summed E-state index contributed by atoms with van der Waals surface area (Å²) in [5.41, 5.74) is 2.86. The number of fused-ring (bicyclic) bond motifs is 2. The zero-order valence-corrected chi connectivity index (χ0v) is 15.1. The highest BCUT2D eigenvalue weighted by Crippen LogP contribution is 2.44.